The molecule has 0 heterocycles. The maximum absolute atomic E-state index is 12.5. The van der Waals surface area contributed by atoms with Crippen LogP contribution in [0.2, 0.25) is 0 Å². The summed E-state index contributed by atoms with van der Waals surface area (Å²) >= 11 is 0. The summed E-state index contributed by atoms with van der Waals surface area (Å²) in [5, 5.41) is 34.0. The van der Waals surface area contributed by atoms with Gasteiger partial charge in [-0.15, -0.1) is 10.2 Å². The highest BCUT2D eigenvalue weighted by Crippen LogP contribution is 2.30. The summed E-state index contributed by atoms with van der Waals surface area (Å²) < 4.78 is 37.4. The number of alkyl halides is 3. The first-order chi connectivity index (χ1) is 12.3. The zero-order chi connectivity index (χ0) is 19.2. The van der Waals surface area contributed by atoms with Crippen LogP contribution in [0.3, 0.4) is 0 Å². The molecule has 0 aromatic heterocycles. The molecule has 2 aromatic carbocycles. The molecule has 2 aromatic rings. The predicted molar refractivity (Wildman–Crippen MR) is 83.0 cm³/mol. The van der Waals surface area contributed by atoms with Gasteiger partial charge in [0.2, 0.25) is 0 Å². The van der Waals surface area contributed by atoms with Gasteiger partial charge in [0, 0.05) is 12.1 Å². The average Bonchev–Trinajstić information content (AvgIpc) is 2.62. The van der Waals surface area contributed by atoms with Gasteiger partial charge >= 0.3 is 6.18 Å². The lowest BCUT2D eigenvalue weighted by molar-refractivity contribution is -0.384. The summed E-state index contributed by atoms with van der Waals surface area (Å²) in [6.07, 6.45) is -5.77. The van der Waals surface area contributed by atoms with Crippen LogP contribution in [0.1, 0.15) is 5.56 Å². The second-order valence-electron chi connectivity index (χ2n) is 4.75. The maximum atomic E-state index is 12.5. The topological polar surface area (TPSA) is 116 Å². The molecule has 0 spiro atoms. The maximum Gasteiger partial charge on any atom is 0.416 e. The molecular formula is C15H9F3N6O2. The monoisotopic (exact) mass is 362 g/mol. The van der Waals surface area contributed by atoms with Crippen molar-refractivity contribution in [1.82, 2.24) is 0 Å². The van der Waals surface area contributed by atoms with Gasteiger partial charge in [0.05, 0.1) is 21.9 Å². The minimum atomic E-state index is -4.45. The molecule has 0 fully saturated rings. The van der Waals surface area contributed by atoms with Crippen LogP contribution < -0.4 is 0 Å². The van der Waals surface area contributed by atoms with Gasteiger partial charge < -0.3 is 0 Å². The van der Waals surface area contributed by atoms with Gasteiger partial charge in [-0.3, -0.25) is 10.1 Å². The van der Waals surface area contributed by atoms with E-state index in [1.807, 2.05) is 0 Å². The number of halogens is 3. The molecule has 2 rings (SSSR count). The fourth-order valence-corrected chi connectivity index (χ4v) is 1.68. The van der Waals surface area contributed by atoms with Crippen molar-refractivity contribution >= 4 is 17.1 Å². The van der Waals surface area contributed by atoms with Crippen molar-refractivity contribution in [3.05, 3.63) is 64.2 Å². The molecule has 1 unspecified atom stereocenters. The van der Waals surface area contributed by atoms with Gasteiger partial charge in [0.25, 0.3) is 11.9 Å². The zero-order valence-corrected chi connectivity index (χ0v) is 12.8. The Morgan fingerprint density at radius 3 is 1.81 bits per heavy atom. The molecule has 11 heteroatoms. The molecule has 132 valence electrons. The van der Waals surface area contributed by atoms with Gasteiger partial charge in [-0.25, -0.2) is 0 Å². The van der Waals surface area contributed by atoms with E-state index in [1.165, 1.54) is 24.3 Å². The molecule has 0 amide bonds. The third-order valence-corrected chi connectivity index (χ3v) is 2.94. The van der Waals surface area contributed by atoms with Crippen LogP contribution in [0.15, 0.2) is 69.0 Å². The van der Waals surface area contributed by atoms with Crippen LogP contribution in [0.4, 0.5) is 30.2 Å². The molecule has 0 aliphatic heterocycles. The fourth-order valence-electron chi connectivity index (χ4n) is 1.68. The Hall–Kier alpha value is -3.68. The number of nitro groups is 1. The van der Waals surface area contributed by atoms with Crippen molar-refractivity contribution in [2.24, 2.45) is 20.5 Å². The van der Waals surface area contributed by atoms with E-state index in [0.717, 1.165) is 24.3 Å². The molecule has 0 N–H and O–H groups in total. The molecule has 0 saturated carbocycles. The molecule has 0 bridgehead atoms. The average molecular weight is 362 g/mol. The van der Waals surface area contributed by atoms with Gasteiger partial charge in [-0.05, 0) is 36.4 Å². The van der Waals surface area contributed by atoms with E-state index >= 15 is 0 Å². The number of azo groups is 2. The Morgan fingerprint density at radius 2 is 1.42 bits per heavy atom. The van der Waals surface area contributed by atoms with Crippen molar-refractivity contribution in [1.29, 1.82) is 5.26 Å². The fraction of sp³-hybridized carbons (Fsp3) is 0.133. The van der Waals surface area contributed by atoms with Gasteiger partial charge in [-0.2, -0.15) is 28.7 Å². The summed E-state index contributed by atoms with van der Waals surface area (Å²) in [6.45, 7) is 0. The lowest BCUT2D eigenvalue weighted by Gasteiger charge is -2.05. The highest BCUT2D eigenvalue weighted by Gasteiger charge is 2.29. The Bertz CT molecular complexity index is 870. The minimum Gasteiger partial charge on any atom is -0.258 e. The SMILES string of the molecule is N#CC(N=Nc1ccc([N+](=O)[O-])cc1)N=Nc1ccc(C(F)(F)F)cc1. The summed E-state index contributed by atoms with van der Waals surface area (Å²) in [5.74, 6) is 0. The van der Waals surface area contributed by atoms with E-state index in [4.69, 9.17) is 5.26 Å². The molecule has 0 saturated heterocycles. The highest BCUT2D eigenvalue weighted by atomic mass is 19.4. The summed E-state index contributed by atoms with van der Waals surface area (Å²) in [4.78, 5) is 9.97. The second-order valence-corrected chi connectivity index (χ2v) is 4.75. The Morgan fingerprint density at radius 1 is 0.962 bits per heavy atom. The number of nitrogens with zero attached hydrogens (tertiary/aromatic N) is 6. The van der Waals surface area contributed by atoms with E-state index < -0.39 is 22.8 Å². The van der Waals surface area contributed by atoms with Crippen molar-refractivity contribution in [3.63, 3.8) is 0 Å². The number of nitro benzene ring substituents is 1. The van der Waals surface area contributed by atoms with E-state index in [-0.39, 0.29) is 17.1 Å². The standard InChI is InChI=1S/C15H9F3N6O2/c16-15(17,18)10-1-3-11(4-2-10)20-22-14(9-19)23-21-12-5-7-13(8-6-12)24(25)26/h1-8,14H. The van der Waals surface area contributed by atoms with E-state index in [1.54, 1.807) is 6.07 Å². The zero-order valence-electron chi connectivity index (χ0n) is 12.8. The molecule has 0 aliphatic rings. The smallest absolute Gasteiger partial charge is 0.258 e. The van der Waals surface area contributed by atoms with Gasteiger partial charge in [-0.1, -0.05) is 0 Å². The van der Waals surface area contributed by atoms with E-state index in [0.29, 0.717) is 0 Å². The van der Waals surface area contributed by atoms with Crippen LogP contribution in [-0.2, 0) is 6.18 Å². The summed E-state index contributed by atoms with van der Waals surface area (Å²) in [7, 11) is 0. The normalized spacial score (nSPS) is 13.0. The number of non-ortho nitro benzene ring substituents is 1. The third kappa shape index (κ3) is 5.17. The molecule has 8 nitrogen and oxygen atoms in total. The van der Waals surface area contributed by atoms with Crippen LogP contribution in [0.5, 0.6) is 0 Å². The van der Waals surface area contributed by atoms with Crippen molar-refractivity contribution in [2.45, 2.75) is 12.3 Å². The van der Waals surface area contributed by atoms with Crippen LogP contribution in [0.25, 0.3) is 0 Å². The lowest BCUT2D eigenvalue weighted by Crippen LogP contribution is -2.03. The first-order valence-electron chi connectivity index (χ1n) is 6.92. The van der Waals surface area contributed by atoms with Crippen molar-refractivity contribution in [2.75, 3.05) is 0 Å². The van der Waals surface area contributed by atoms with Crippen LogP contribution >= 0.6 is 0 Å². The third-order valence-electron chi connectivity index (χ3n) is 2.94. The number of nitriles is 1. The van der Waals surface area contributed by atoms with Crippen LogP contribution in [-0.4, -0.2) is 11.1 Å². The van der Waals surface area contributed by atoms with E-state index in [2.05, 4.69) is 20.5 Å². The summed E-state index contributed by atoms with van der Waals surface area (Å²) in [5.41, 5.74) is -0.571. The number of benzene rings is 2. The quantitative estimate of drug-likeness (QED) is 0.406. The van der Waals surface area contributed by atoms with Crippen molar-refractivity contribution in [3.8, 4) is 6.07 Å². The largest absolute Gasteiger partial charge is 0.416 e. The van der Waals surface area contributed by atoms with Crippen LogP contribution in [0, 0.1) is 21.4 Å². The predicted octanol–water partition coefficient (Wildman–Crippen LogP) is 5.33. The molecule has 1 atom stereocenters. The number of hydrogen-bond donors (Lipinski definition) is 0. The Balaban J connectivity index is 2.05. The van der Waals surface area contributed by atoms with Gasteiger partial charge in [0.15, 0.2) is 0 Å². The Labute approximate surface area is 144 Å². The minimum absolute atomic E-state index is 0.115. The first-order valence-corrected chi connectivity index (χ1v) is 6.92. The van der Waals surface area contributed by atoms with Crippen molar-refractivity contribution < 1.29 is 18.1 Å². The number of hydrogen-bond acceptors (Lipinski definition) is 7. The number of rotatable bonds is 5. The summed E-state index contributed by atoms with van der Waals surface area (Å²) in [6, 6.07) is 10.7. The lowest BCUT2D eigenvalue weighted by atomic mass is 10.2. The molecule has 0 radical (unpaired) electrons. The molecular weight excluding hydrogens is 353 g/mol. The van der Waals surface area contributed by atoms with E-state index in [9.17, 15) is 23.3 Å². The highest BCUT2D eigenvalue weighted by molar-refractivity contribution is 5.43. The Kier molecular flexibility index (Phi) is 5.69. The molecule has 26 heavy (non-hydrogen) atoms. The first kappa shape index (κ1) is 18.7. The van der Waals surface area contributed by atoms with Gasteiger partial charge in [0.1, 0.15) is 6.07 Å². The molecule has 0 aliphatic carbocycles. The second kappa shape index (κ2) is 7.93.